The number of hydrogen-bond donors (Lipinski definition) is 0. The van der Waals surface area contributed by atoms with Crippen LogP contribution in [-0.4, -0.2) is 27.1 Å². The predicted octanol–water partition coefficient (Wildman–Crippen LogP) is 6.21. The Morgan fingerprint density at radius 1 is 0.844 bits per heavy atom. The highest BCUT2D eigenvalue weighted by Gasteiger charge is 2.28. The Kier molecular flexibility index (Phi) is 7.46. The molecule has 32 heavy (non-hydrogen) atoms. The zero-order valence-corrected chi connectivity index (χ0v) is 20.8. The highest BCUT2D eigenvalue weighted by atomic mass is 79.9. The van der Waals surface area contributed by atoms with Gasteiger partial charge in [-0.15, -0.1) is 0 Å². The Morgan fingerprint density at radius 3 is 2.19 bits per heavy atom. The molecule has 168 valence electrons. The second-order valence-corrected chi connectivity index (χ2v) is 8.34. The number of aryl methyl sites for hydroxylation is 2. The lowest BCUT2D eigenvalue weighted by atomic mass is 9.93. The van der Waals surface area contributed by atoms with Gasteiger partial charge < -0.3 is 18.9 Å². The average molecular weight is 499 g/mol. The van der Waals surface area contributed by atoms with Crippen LogP contribution in [0.15, 0.2) is 46.9 Å². The first-order chi connectivity index (χ1) is 15.3. The molecule has 3 aromatic carbocycles. The molecule has 0 saturated heterocycles. The number of benzene rings is 3. The maximum absolute atomic E-state index is 13.9. The van der Waals surface area contributed by atoms with Crippen molar-refractivity contribution in [2.45, 2.75) is 27.4 Å². The molecule has 3 aromatic rings. The van der Waals surface area contributed by atoms with Crippen molar-refractivity contribution in [3.63, 3.8) is 0 Å². The normalized spacial score (nSPS) is 10.6. The molecule has 0 atom stereocenters. The summed E-state index contributed by atoms with van der Waals surface area (Å²) >= 11 is 3.52. The minimum absolute atomic E-state index is 0.210. The minimum atomic E-state index is -0.210. The van der Waals surface area contributed by atoms with Crippen LogP contribution in [0.3, 0.4) is 0 Å². The van der Waals surface area contributed by atoms with Crippen LogP contribution in [0, 0.1) is 20.8 Å². The molecule has 0 unspecified atom stereocenters. The summed E-state index contributed by atoms with van der Waals surface area (Å²) in [5.41, 5.74) is 4.50. The highest BCUT2D eigenvalue weighted by Crippen LogP contribution is 2.44. The smallest absolute Gasteiger partial charge is 0.204 e. The molecule has 3 rings (SSSR count). The van der Waals surface area contributed by atoms with Crippen LogP contribution in [0.2, 0.25) is 0 Å². The zero-order valence-electron chi connectivity index (χ0n) is 19.2. The van der Waals surface area contributed by atoms with E-state index < -0.39 is 0 Å². The van der Waals surface area contributed by atoms with Crippen LogP contribution >= 0.6 is 15.9 Å². The molecule has 0 saturated carbocycles. The monoisotopic (exact) mass is 498 g/mol. The average Bonchev–Trinajstić information content (AvgIpc) is 2.78. The molecule has 0 fully saturated rings. The van der Waals surface area contributed by atoms with Crippen molar-refractivity contribution >= 4 is 21.7 Å². The number of carbonyl (C=O) groups is 1. The molecule has 0 bridgehead atoms. The largest absolute Gasteiger partial charge is 0.496 e. The Balaban J connectivity index is 2.19. The molecule has 0 aliphatic rings. The van der Waals surface area contributed by atoms with Crippen molar-refractivity contribution in [2.24, 2.45) is 0 Å². The molecule has 0 amide bonds. The van der Waals surface area contributed by atoms with E-state index in [1.54, 1.807) is 26.4 Å². The summed E-state index contributed by atoms with van der Waals surface area (Å²) in [7, 11) is 4.65. The van der Waals surface area contributed by atoms with Crippen LogP contribution in [0.25, 0.3) is 0 Å². The Morgan fingerprint density at radius 2 is 1.56 bits per heavy atom. The van der Waals surface area contributed by atoms with Crippen LogP contribution < -0.4 is 18.9 Å². The first kappa shape index (κ1) is 23.7. The summed E-state index contributed by atoms with van der Waals surface area (Å²) in [5.74, 6) is 1.50. The summed E-state index contributed by atoms with van der Waals surface area (Å²) < 4.78 is 23.7. The van der Waals surface area contributed by atoms with Crippen LogP contribution in [0.4, 0.5) is 0 Å². The van der Waals surface area contributed by atoms with Gasteiger partial charge in [0.1, 0.15) is 12.4 Å². The second-order valence-electron chi connectivity index (χ2n) is 7.49. The molecule has 0 radical (unpaired) electrons. The van der Waals surface area contributed by atoms with Gasteiger partial charge in [0.15, 0.2) is 11.5 Å². The summed E-state index contributed by atoms with van der Waals surface area (Å²) in [6.45, 7) is 6.04. The van der Waals surface area contributed by atoms with E-state index in [4.69, 9.17) is 18.9 Å². The van der Waals surface area contributed by atoms with E-state index in [-0.39, 0.29) is 12.4 Å². The van der Waals surface area contributed by atoms with Crippen molar-refractivity contribution in [2.75, 3.05) is 21.3 Å². The quantitative estimate of drug-likeness (QED) is 0.345. The molecule has 0 aliphatic heterocycles. The molecule has 0 aliphatic carbocycles. The third-order valence-corrected chi connectivity index (χ3v) is 6.18. The van der Waals surface area contributed by atoms with Gasteiger partial charge in [-0.2, -0.15) is 0 Å². The zero-order chi connectivity index (χ0) is 23.4. The van der Waals surface area contributed by atoms with Crippen molar-refractivity contribution < 1.29 is 23.7 Å². The maximum Gasteiger partial charge on any atom is 0.204 e. The fourth-order valence-electron chi connectivity index (χ4n) is 3.70. The Labute approximate surface area is 197 Å². The van der Waals surface area contributed by atoms with Gasteiger partial charge in [0, 0.05) is 4.47 Å². The number of methoxy groups -OCH3 is 3. The van der Waals surface area contributed by atoms with Gasteiger partial charge in [0.05, 0.1) is 32.5 Å². The third-order valence-electron chi connectivity index (χ3n) is 5.32. The molecular weight excluding hydrogens is 472 g/mol. The van der Waals surface area contributed by atoms with E-state index in [0.717, 1.165) is 21.2 Å². The van der Waals surface area contributed by atoms with E-state index in [2.05, 4.69) is 15.9 Å². The van der Waals surface area contributed by atoms with E-state index in [0.29, 0.717) is 39.7 Å². The van der Waals surface area contributed by atoms with Gasteiger partial charge in [0.2, 0.25) is 11.5 Å². The van der Waals surface area contributed by atoms with Gasteiger partial charge in [-0.1, -0.05) is 45.8 Å². The first-order valence-electron chi connectivity index (χ1n) is 10.1. The molecule has 0 heterocycles. The molecular formula is C26H27BrO5. The van der Waals surface area contributed by atoms with E-state index in [9.17, 15) is 4.79 Å². The number of rotatable bonds is 8. The lowest BCUT2D eigenvalue weighted by molar-refractivity contribution is 0.102. The van der Waals surface area contributed by atoms with Gasteiger partial charge in [-0.3, -0.25) is 4.79 Å². The van der Waals surface area contributed by atoms with Crippen molar-refractivity contribution in [1.29, 1.82) is 0 Å². The summed E-state index contributed by atoms with van der Waals surface area (Å²) in [5, 5.41) is 0. The van der Waals surface area contributed by atoms with Gasteiger partial charge in [0.25, 0.3) is 0 Å². The maximum atomic E-state index is 13.9. The summed E-state index contributed by atoms with van der Waals surface area (Å²) in [6.07, 6.45) is 0. The summed E-state index contributed by atoms with van der Waals surface area (Å²) in [6, 6.07) is 13.4. The fourth-order valence-corrected chi connectivity index (χ4v) is 4.03. The standard InChI is InChI=1S/C26H27BrO5/c1-15-8-7-9-18(12-15)14-32-26-22(16(2)13-21(30-5)25(26)31-6)24(28)23-17(3)19(27)10-11-20(23)29-4/h7-13H,14H2,1-6H3. The van der Waals surface area contributed by atoms with Crippen LogP contribution in [0.5, 0.6) is 23.0 Å². The number of ether oxygens (including phenoxy) is 4. The Bertz CT molecular complexity index is 1150. The van der Waals surface area contributed by atoms with Gasteiger partial charge in [-0.05, 0) is 55.7 Å². The number of ketones is 1. The highest BCUT2D eigenvalue weighted by molar-refractivity contribution is 9.10. The van der Waals surface area contributed by atoms with Crippen LogP contribution in [-0.2, 0) is 6.61 Å². The van der Waals surface area contributed by atoms with E-state index in [1.807, 2.05) is 51.1 Å². The molecule has 0 aromatic heterocycles. The van der Waals surface area contributed by atoms with Crippen molar-refractivity contribution in [3.8, 4) is 23.0 Å². The molecule has 5 nitrogen and oxygen atoms in total. The van der Waals surface area contributed by atoms with E-state index >= 15 is 0 Å². The lowest BCUT2D eigenvalue weighted by Gasteiger charge is -2.21. The van der Waals surface area contributed by atoms with Crippen LogP contribution in [0.1, 0.15) is 38.2 Å². The minimum Gasteiger partial charge on any atom is -0.496 e. The Hall–Kier alpha value is -2.99. The molecule has 6 heteroatoms. The first-order valence-corrected chi connectivity index (χ1v) is 10.9. The molecule has 0 spiro atoms. The van der Waals surface area contributed by atoms with Crippen molar-refractivity contribution in [3.05, 3.63) is 80.3 Å². The topological polar surface area (TPSA) is 54.0 Å². The number of hydrogen-bond acceptors (Lipinski definition) is 5. The third kappa shape index (κ3) is 4.60. The van der Waals surface area contributed by atoms with Gasteiger partial charge in [-0.25, -0.2) is 0 Å². The lowest BCUT2D eigenvalue weighted by Crippen LogP contribution is -2.13. The summed E-state index contributed by atoms with van der Waals surface area (Å²) in [4.78, 5) is 13.9. The number of halogens is 1. The molecule has 0 N–H and O–H groups in total. The van der Waals surface area contributed by atoms with Crippen molar-refractivity contribution in [1.82, 2.24) is 0 Å². The fraction of sp³-hybridized carbons (Fsp3) is 0.269. The predicted molar refractivity (Wildman–Crippen MR) is 129 cm³/mol. The van der Waals surface area contributed by atoms with E-state index in [1.165, 1.54) is 7.11 Å². The second kappa shape index (κ2) is 10.1. The van der Waals surface area contributed by atoms with Gasteiger partial charge >= 0.3 is 0 Å². The SMILES string of the molecule is COc1cc(C)c(C(=O)c2c(OC)ccc(Br)c2C)c(OCc2cccc(C)c2)c1OC. The number of carbonyl (C=O) groups excluding carboxylic acids is 1.